The number of carbonyl (C=O) groups is 1. The minimum atomic E-state index is -3.59. The molecule has 0 radical (unpaired) electrons. The van der Waals surface area contributed by atoms with E-state index in [1.807, 2.05) is 0 Å². The van der Waals surface area contributed by atoms with Gasteiger partial charge >= 0.3 is 0 Å². The first-order chi connectivity index (χ1) is 11.2. The molecule has 9 heteroatoms. The fourth-order valence-electron chi connectivity index (χ4n) is 2.83. The average molecular weight is 395 g/mol. The molecule has 1 atom stereocenters. The highest BCUT2D eigenvalue weighted by molar-refractivity contribution is 7.92. The minimum Gasteiger partial charge on any atom is -0.387 e. The molecule has 24 heavy (non-hydrogen) atoms. The van der Waals surface area contributed by atoms with Gasteiger partial charge in [-0.25, -0.2) is 8.42 Å². The van der Waals surface area contributed by atoms with Crippen LogP contribution in [-0.2, 0) is 14.6 Å². The third-order valence-electron chi connectivity index (χ3n) is 4.26. The molecule has 1 aliphatic rings. The van der Waals surface area contributed by atoms with Crippen LogP contribution in [0.5, 0.6) is 0 Å². The molecule has 2 rings (SSSR count). The van der Waals surface area contributed by atoms with Crippen LogP contribution in [-0.4, -0.2) is 50.1 Å². The second kappa shape index (κ2) is 7.58. The van der Waals surface area contributed by atoms with Gasteiger partial charge in [-0.15, -0.1) is 0 Å². The van der Waals surface area contributed by atoms with Crippen LogP contribution in [0, 0.1) is 0 Å². The fourth-order valence-corrected chi connectivity index (χ4v) is 4.73. The van der Waals surface area contributed by atoms with Crippen molar-refractivity contribution in [3.05, 3.63) is 33.8 Å². The molecule has 0 aliphatic carbocycles. The molecule has 1 aromatic rings. The molecule has 1 unspecified atom stereocenters. The summed E-state index contributed by atoms with van der Waals surface area (Å²) < 4.78 is 22.9. The number of nitrogens with one attached hydrogen (secondary N) is 2. The number of amides is 1. The normalized spacial score (nSPS) is 18.8. The number of rotatable bonds is 5. The topological polar surface area (TPSA) is 95.5 Å². The van der Waals surface area contributed by atoms with E-state index in [9.17, 15) is 18.3 Å². The maximum atomic E-state index is 12.6. The van der Waals surface area contributed by atoms with Crippen molar-refractivity contribution in [1.29, 1.82) is 0 Å². The summed E-state index contributed by atoms with van der Waals surface area (Å²) in [5.74, 6) is -0.585. The maximum Gasteiger partial charge on any atom is 0.241 e. The SMILES string of the molecule is CS(=O)(=O)C1(C(=O)NCC(O)c2cc(Cl)cc(Cl)c2)CCNCC1. The van der Waals surface area contributed by atoms with E-state index in [4.69, 9.17) is 23.2 Å². The van der Waals surface area contributed by atoms with Crippen LogP contribution in [0.3, 0.4) is 0 Å². The van der Waals surface area contributed by atoms with Crippen LogP contribution >= 0.6 is 23.2 Å². The monoisotopic (exact) mass is 394 g/mol. The Balaban J connectivity index is 2.10. The van der Waals surface area contributed by atoms with E-state index in [1.165, 1.54) is 6.07 Å². The van der Waals surface area contributed by atoms with Crippen molar-refractivity contribution in [1.82, 2.24) is 10.6 Å². The van der Waals surface area contributed by atoms with E-state index < -0.39 is 26.6 Å². The molecule has 6 nitrogen and oxygen atoms in total. The average Bonchev–Trinajstić information content (AvgIpc) is 2.50. The molecule has 1 saturated heterocycles. The highest BCUT2D eigenvalue weighted by Gasteiger charge is 2.48. The molecule has 1 amide bonds. The van der Waals surface area contributed by atoms with Gasteiger partial charge in [0.05, 0.1) is 6.10 Å². The fraction of sp³-hybridized carbons (Fsp3) is 0.533. The van der Waals surface area contributed by atoms with E-state index in [0.717, 1.165) is 6.26 Å². The van der Waals surface area contributed by atoms with Crippen molar-refractivity contribution in [2.24, 2.45) is 0 Å². The number of sulfone groups is 1. The lowest BCUT2D eigenvalue weighted by atomic mass is 9.95. The van der Waals surface area contributed by atoms with Crippen LogP contribution in [0.2, 0.25) is 10.0 Å². The molecule has 1 fully saturated rings. The lowest BCUT2D eigenvalue weighted by Gasteiger charge is -2.34. The summed E-state index contributed by atoms with van der Waals surface area (Å²) in [7, 11) is -3.59. The lowest BCUT2D eigenvalue weighted by Crippen LogP contribution is -2.57. The number of benzene rings is 1. The molecule has 0 bridgehead atoms. The third-order valence-corrected chi connectivity index (χ3v) is 6.71. The molecule has 1 heterocycles. The van der Waals surface area contributed by atoms with E-state index in [2.05, 4.69) is 10.6 Å². The van der Waals surface area contributed by atoms with Crippen molar-refractivity contribution in [2.45, 2.75) is 23.7 Å². The van der Waals surface area contributed by atoms with E-state index >= 15 is 0 Å². The van der Waals surface area contributed by atoms with Crippen molar-refractivity contribution in [3.63, 3.8) is 0 Å². The summed E-state index contributed by atoms with van der Waals surface area (Å²) >= 11 is 11.8. The smallest absolute Gasteiger partial charge is 0.241 e. The molecule has 3 N–H and O–H groups in total. The van der Waals surface area contributed by atoms with Crippen molar-refractivity contribution in [2.75, 3.05) is 25.9 Å². The number of aliphatic hydroxyl groups is 1. The van der Waals surface area contributed by atoms with Gasteiger partial charge in [0.15, 0.2) is 14.6 Å². The minimum absolute atomic E-state index is 0.125. The Labute approximate surface area is 151 Å². The Morgan fingerprint density at radius 3 is 2.33 bits per heavy atom. The van der Waals surface area contributed by atoms with E-state index in [1.54, 1.807) is 12.1 Å². The maximum absolute atomic E-state index is 12.6. The molecule has 1 aromatic carbocycles. The molecule has 0 spiro atoms. The van der Waals surface area contributed by atoms with Gasteiger partial charge < -0.3 is 15.7 Å². The number of hydrogen-bond acceptors (Lipinski definition) is 5. The first-order valence-electron chi connectivity index (χ1n) is 7.48. The quantitative estimate of drug-likeness (QED) is 0.699. The molecule has 1 aliphatic heterocycles. The largest absolute Gasteiger partial charge is 0.387 e. The highest BCUT2D eigenvalue weighted by atomic mass is 35.5. The Morgan fingerprint density at radius 1 is 1.29 bits per heavy atom. The first kappa shape index (κ1) is 19.5. The summed E-state index contributed by atoms with van der Waals surface area (Å²) in [6, 6.07) is 4.62. The van der Waals surface area contributed by atoms with Gasteiger partial charge in [-0.05, 0) is 49.7 Å². The van der Waals surface area contributed by atoms with Crippen molar-refractivity contribution in [3.8, 4) is 0 Å². The Hall–Kier alpha value is -0.860. The first-order valence-corrected chi connectivity index (χ1v) is 10.1. The van der Waals surface area contributed by atoms with Crippen molar-refractivity contribution < 1.29 is 18.3 Å². The zero-order valence-corrected chi connectivity index (χ0v) is 15.5. The summed E-state index contributed by atoms with van der Waals surface area (Å²) in [6.45, 7) is 0.778. The van der Waals surface area contributed by atoms with Gasteiger partial charge in [0.1, 0.15) is 0 Å². The predicted octanol–water partition coefficient (Wildman–Crippen LogP) is 1.31. The van der Waals surface area contributed by atoms with Crippen LogP contribution in [0.15, 0.2) is 18.2 Å². The summed E-state index contributed by atoms with van der Waals surface area (Å²) in [5, 5.41) is 16.5. The van der Waals surface area contributed by atoms with Crippen LogP contribution in [0.25, 0.3) is 0 Å². The zero-order valence-electron chi connectivity index (χ0n) is 13.2. The van der Waals surface area contributed by atoms with Gasteiger partial charge in [-0.3, -0.25) is 4.79 Å². The summed E-state index contributed by atoms with van der Waals surface area (Å²) in [5.41, 5.74) is 0.450. The Morgan fingerprint density at radius 2 is 1.83 bits per heavy atom. The van der Waals surface area contributed by atoms with Crippen molar-refractivity contribution >= 4 is 38.9 Å². The van der Waals surface area contributed by atoms with Crippen LogP contribution in [0.1, 0.15) is 24.5 Å². The summed E-state index contributed by atoms with van der Waals surface area (Å²) in [4.78, 5) is 12.6. The van der Waals surface area contributed by atoms with Gasteiger partial charge in [-0.1, -0.05) is 23.2 Å². The predicted molar refractivity (Wildman–Crippen MR) is 94.1 cm³/mol. The number of piperidine rings is 1. The van der Waals surface area contributed by atoms with Crippen LogP contribution in [0.4, 0.5) is 0 Å². The molecular formula is C15H20Cl2N2O4S. The second-order valence-corrected chi connectivity index (χ2v) is 9.14. The third kappa shape index (κ3) is 4.21. The number of halogens is 2. The molecule has 0 aromatic heterocycles. The Bertz CT molecular complexity index is 698. The standard InChI is InChI=1S/C15H20Cl2N2O4S/c1-24(22,23)15(2-4-18-5-3-15)14(21)19-9-13(20)10-6-11(16)8-12(17)7-10/h6-8,13,18,20H,2-5,9H2,1H3,(H,19,21). The van der Waals surface area contributed by atoms with E-state index in [-0.39, 0.29) is 19.4 Å². The van der Waals surface area contributed by atoms with Gasteiger partial charge in [0.2, 0.25) is 5.91 Å². The number of hydrogen-bond donors (Lipinski definition) is 3. The second-order valence-electron chi connectivity index (χ2n) is 5.95. The number of carbonyl (C=O) groups excluding carboxylic acids is 1. The van der Waals surface area contributed by atoms with Gasteiger partial charge in [-0.2, -0.15) is 0 Å². The summed E-state index contributed by atoms with van der Waals surface area (Å²) in [6.07, 6.45) is 0.446. The highest BCUT2D eigenvalue weighted by Crippen LogP contribution is 2.28. The van der Waals surface area contributed by atoms with Crippen LogP contribution < -0.4 is 10.6 Å². The molecule has 0 saturated carbocycles. The lowest BCUT2D eigenvalue weighted by molar-refractivity contribution is -0.124. The van der Waals surface area contributed by atoms with Gasteiger partial charge in [0.25, 0.3) is 0 Å². The zero-order chi connectivity index (χ0) is 18.0. The molecular weight excluding hydrogens is 375 g/mol. The van der Waals surface area contributed by atoms with E-state index in [0.29, 0.717) is 28.7 Å². The molecule has 134 valence electrons. The van der Waals surface area contributed by atoms with Gasteiger partial charge in [0, 0.05) is 22.8 Å². The number of aliphatic hydroxyl groups excluding tert-OH is 1. The Kier molecular flexibility index (Phi) is 6.14.